The third-order valence-electron chi connectivity index (χ3n) is 5.01. The van der Waals surface area contributed by atoms with Crippen LogP contribution in [0.3, 0.4) is 0 Å². The number of benzene rings is 2. The Bertz CT molecular complexity index is 633. The van der Waals surface area contributed by atoms with Crippen molar-refractivity contribution in [3.05, 3.63) is 59.7 Å². The van der Waals surface area contributed by atoms with Gasteiger partial charge in [-0.15, -0.1) is 0 Å². The van der Waals surface area contributed by atoms with E-state index in [1.807, 2.05) is 42.5 Å². The molecule has 0 aliphatic heterocycles. The number of ether oxygens (including phenoxy) is 1. The van der Waals surface area contributed by atoms with E-state index in [0.29, 0.717) is 18.9 Å². The molecule has 0 aromatic heterocycles. The fourth-order valence-electron chi connectivity index (χ4n) is 3.53. The minimum absolute atomic E-state index is 0.0385. The SMILES string of the molecule is NCC1(c2ccc(O)c(OCc3ccccc3)c2)CCCCC1. The van der Waals surface area contributed by atoms with Gasteiger partial charge in [0.15, 0.2) is 11.5 Å². The van der Waals surface area contributed by atoms with Crippen LogP contribution in [-0.2, 0) is 12.0 Å². The van der Waals surface area contributed by atoms with E-state index < -0.39 is 0 Å². The maximum Gasteiger partial charge on any atom is 0.161 e. The minimum atomic E-state index is 0.0385. The van der Waals surface area contributed by atoms with E-state index >= 15 is 0 Å². The summed E-state index contributed by atoms with van der Waals surface area (Å²) in [4.78, 5) is 0. The third kappa shape index (κ3) is 3.50. The lowest BCUT2D eigenvalue weighted by Crippen LogP contribution is -2.37. The zero-order valence-electron chi connectivity index (χ0n) is 13.5. The molecule has 0 spiro atoms. The highest BCUT2D eigenvalue weighted by molar-refractivity contribution is 5.45. The van der Waals surface area contributed by atoms with Gasteiger partial charge in [-0.05, 0) is 36.1 Å². The molecule has 1 fully saturated rings. The molecule has 0 radical (unpaired) electrons. The summed E-state index contributed by atoms with van der Waals surface area (Å²) < 4.78 is 5.85. The van der Waals surface area contributed by atoms with Gasteiger partial charge in [0, 0.05) is 12.0 Å². The number of nitrogens with two attached hydrogens (primary N) is 1. The van der Waals surface area contributed by atoms with Crippen molar-refractivity contribution in [2.24, 2.45) is 5.73 Å². The summed E-state index contributed by atoms with van der Waals surface area (Å²) in [7, 11) is 0. The second-order valence-corrected chi connectivity index (χ2v) is 6.50. The van der Waals surface area contributed by atoms with Gasteiger partial charge >= 0.3 is 0 Å². The predicted octanol–water partition coefficient (Wildman–Crippen LogP) is 4.13. The summed E-state index contributed by atoms with van der Waals surface area (Å²) in [6.07, 6.45) is 5.96. The third-order valence-corrected chi connectivity index (χ3v) is 5.01. The molecule has 0 bridgehead atoms. The van der Waals surface area contributed by atoms with Crippen molar-refractivity contribution in [3.63, 3.8) is 0 Å². The van der Waals surface area contributed by atoms with E-state index in [2.05, 4.69) is 0 Å². The molecule has 1 aliphatic rings. The number of hydrogen-bond acceptors (Lipinski definition) is 3. The Morgan fingerprint density at radius 1 is 1.00 bits per heavy atom. The van der Waals surface area contributed by atoms with Crippen molar-refractivity contribution in [2.75, 3.05) is 6.54 Å². The van der Waals surface area contributed by atoms with Crippen LogP contribution < -0.4 is 10.5 Å². The normalized spacial score (nSPS) is 16.9. The lowest BCUT2D eigenvalue weighted by Gasteiger charge is -2.37. The van der Waals surface area contributed by atoms with Gasteiger partial charge in [0.05, 0.1) is 0 Å². The second kappa shape index (κ2) is 7.05. The first-order valence-corrected chi connectivity index (χ1v) is 8.44. The Kier molecular flexibility index (Phi) is 4.87. The van der Waals surface area contributed by atoms with Gasteiger partial charge in [0.1, 0.15) is 6.61 Å². The molecule has 3 rings (SSSR count). The lowest BCUT2D eigenvalue weighted by atomic mass is 9.69. The van der Waals surface area contributed by atoms with Gasteiger partial charge in [-0.25, -0.2) is 0 Å². The van der Waals surface area contributed by atoms with Gasteiger partial charge in [0.25, 0.3) is 0 Å². The van der Waals surface area contributed by atoms with Crippen molar-refractivity contribution < 1.29 is 9.84 Å². The van der Waals surface area contributed by atoms with Crippen LogP contribution in [0.5, 0.6) is 11.5 Å². The number of rotatable bonds is 5. The van der Waals surface area contributed by atoms with Crippen molar-refractivity contribution in [1.82, 2.24) is 0 Å². The molecule has 0 saturated heterocycles. The molecule has 1 saturated carbocycles. The van der Waals surface area contributed by atoms with E-state index in [0.717, 1.165) is 18.4 Å². The molecule has 2 aromatic rings. The standard InChI is InChI=1S/C20H25NO2/c21-15-20(11-5-2-6-12-20)17-9-10-18(22)19(13-17)23-14-16-7-3-1-4-8-16/h1,3-4,7-10,13,22H,2,5-6,11-12,14-15,21H2. The smallest absolute Gasteiger partial charge is 0.161 e. The maximum absolute atomic E-state index is 10.1. The fourth-order valence-corrected chi connectivity index (χ4v) is 3.53. The Balaban J connectivity index is 1.81. The van der Waals surface area contributed by atoms with Crippen LogP contribution in [-0.4, -0.2) is 11.7 Å². The summed E-state index contributed by atoms with van der Waals surface area (Å²) >= 11 is 0. The molecule has 1 aliphatic carbocycles. The molecule has 3 heteroatoms. The molecule has 3 nitrogen and oxygen atoms in total. The molecule has 0 atom stereocenters. The van der Waals surface area contributed by atoms with E-state index in [4.69, 9.17) is 10.5 Å². The van der Waals surface area contributed by atoms with Crippen LogP contribution >= 0.6 is 0 Å². The highest BCUT2D eigenvalue weighted by Crippen LogP contribution is 2.41. The zero-order valence-corrected chi connectivity index (χ0v) is 13.5. The molecule has 23 heavy (non-hydrogen) atoms. The molecule has 3 N–H and O–H groups in total. The Hall–Kier alpha value is -2.00. The first kappa shape index (κ1) is 15.9. The number of aromatic hydroxyl groups is 1. The van der Waals surface area contributed by atoms with Crippen LogP contribution in [0.2, 0.25) is 0 Å². The van der Waals surface area contributed by atoms with E-state index in [1.54, 1.807) is 6.07 Å². The van der Waals surface area contributed by atoms with Crippen molar-refractivity contribution in [1.29, 1.82) is 0 Å². The highest BCUT2D eigenvalue weighted by atomic mass is 16.5. The second-order valence-electron chi connectivity index (χ2n) is 6.50. The minimum Gasteiger partial charge on any atom is -0.504 e. The average Bonchev–Trinajstić information content (AvgIpc) is 2.62. The van der Waals surface area contributed by atoms with Crippen molar-refractivity contribution in [2.45, 2.75) is 44.1 Å². The van der Waals surface area contributed by atoms with Crippen LogP contribution in [0.25, 0.3) is 0 Å². The molecule has 2 aromatic carbocycles. The topological polar surface area (TPSA) is 55.5 Å². The quantitative estimate of drug-likeness (QED) is 0.873. The largest absolute Gasteiger partial charge is 0.504 e. The van der Waals surface area contributed by atoms with Gasteiger partial charge in [0.2, 0.25) is 0 Å². The van der Waals surface area contributed by atoms with E-state index in [9.17, 15) is 5.11 Å². The number of hydrogen-bond donors (Lipinski definition) is 2. The van der Waals surface area contributed by atoms with E-state index in [1.165, 1.54) is 24.8 Å². The lowest BCUT2D eigenvalue weighted by molar-refractivity contribution is 0.280. The van der Waals surface area contributed by atoms with Crippen LogP contribution in [0, 0.1) is 0 Å². The Morgan fingerprint density at radius 3 is 2.43 bits per heavy atom. The molecule has 0 heterocycles. The predicted molar refractivity (Wildman–Crippen MR) is 92.7 cm³/mol. The summed E-state index contributed by atoms with van der Waals surface area (Å²) in [6, 6.07) is 15.7. The maximum atomic E-state index is 10.1. The molecular weight excluding hydrogens is 286 g/mol. The van der Waals surface area contributed by atoms with E-state index in [-0.39, 0.29) is 11.2 Å². The molecular formula is C20H25NO2. The Morgan fingerprint density at radius 2 is 1.74 bits per heavy atom. The highest BCUT2D eigenvalue weighted by Gasteiger charge is 2.33. The van der Waals surface area contributed by atoms with Gasteiger partial charge in [-0.2, -0.15) is 0 Å². The summed E-state index contributed by atoms with van der Waals surface area (Å²) in [5, 5.41) is 10.1. The van der Waals surface area contributed by atoms with Crippen LogP contribution in [0.1, 0.15) is 43.2 Å². The van der Waals surface area contributed by atoms with Crippen LogP contribution in [0.15, 0.2) is 48.5 Å². The van der Waals surface area contributed by atoms with Gasteiger partial charge < -0.3 is 15.6 Å². The first-order valence-electron chi connectivity index (χ1n) is 8.44. The summed E-state index contributed by atoms with van der Waals surface area (Å²) in [5.74, 6) is 0.734. The molecule has 0 amide bonds. The zero-order chi connectivity index (χ0) is 16.1. The number of phenolic OH excluding ortho intramolecular Hbond substituents is 1. The molecule has 122 valence electrons. The number of phenols is 1. The fraction of sp³-hybridized carbons (Fsp3) is 0.400. The van der Waals surface area contributed by atoms with Crippen LogP contribution in [0.4, 0.5) is 0 Å². The average molecular weight is 311 g/mol. The summed E-state index contributed by atoms with van der Waals surface area (Å²) in [5.41, 5.74) is 8.44. The monoisotopic (exact) mass is 311 g/mol. The van der Waals surface area contributed by atoms with Crippen molar-refractivity contribution >= 4 is 0 Å². The first-order chi connectivity index (χ1) is 11.2. The van der Waals surface area contributed by atoms with Gasteiger partial charge in [-0.1, -0.05) is 55.7 Å². The molecule has 0 unspecified atom stereocenters. The Labute approximate surface area is 138 Å². The van der Waals surface area contributed by atoms with Gasteiger partial charge in [-0.3, -0.25) is 0 Å². The van der Waals surface area contributed by atoms with Crippen molar-refractivity contribution in [3.8, 4) is 11.5 Å². The summed E-state index contributed by atoms with van der Waals surface area (Å²) in [6.45, 7) is 1.10.